The molecule has 0 rings (SSSR count). The molecular weight excluding hydrogens is 841 g/mol. The van der Waals surface area contributed by atoms with Crippen LogP contribution in [-0.4, -0.2) is 37.2 Å². The fraction of sp³-hybridized carbons (Fsp3) is 0.952. The van der Waals surface area contributed by atoms with Crippen LogP contribution in [0.15, 0.2) is 0 Å². The Labute approximate surface area is 425 Å². The summed E-state index contributed by atoms with van der Waals surface area (Å²) in [5.74, 6) is 0.910. The van der Waals surface area contributed by atoms with Gasteiger partial charge in [0.2, 0.25) is 0 Å². The second-order valence-electron chi connectivity index (χ2n) is 22.1. The Morgan fingerprint density at radius 2 is 0.559 bits per heavy atom. The van der Waals surface area contributed by atoms with E-state index in [0.717, 1.165) is 69.6 Å². The van der Waals surface area contributed by atoms with Gasteiger partial charge in [0.15, 0.2) is 6.10 Å². The summed E-state index contributed by atoms with van der Waals surface area (Å²) in [5, 5.41) is 0. The lowest BCUT2D eigenvalue weighted by Crippen LogP contribution is -2.30. The molecule has 0 aromatic rings. The third kappa shape index (κ3) is 53.8. The van der Waals surface area contributed by atoms with E-state index in [2.05, 4.69) is 34.6 Å². The van der Waals surface area contributed by atoms with Crippen LogP contribution >= 0.6 is 0 Å². The first kappa shape index (κ1) is 66.4. The molecule has 0 N–H and O–H groups in total. The highest BCUT2D eigenvalue weighted by molar-refractivity contribution is 5.71. The topological polar surface area (TPSA) is 78.9 Å². The molecule has 0 fully saturated rings. The maximum Gasteiger partial charge on any atom is 0.306 e. The molecule has 0 aliphatic rings. The third-order valence-corrected chi connectivity index (χ3v) is 14.6. The van der Waals surface area contributed by atoms with Crippen molar-refractivity contribution >= 4 is 17.9 Å². The number of hydrogen-bond donors (Lipinski definition) is 0. The van der Waals surface area contributed by atoms with Gasteiger partial charge in [-0.1, -0.05) is 311 Å². The van der Waals surface area contributed by atoms with Crippen molar-refractivity contribution in [2.45, 2.75) is 355 Å². The van der Waals surface area contributed by atoms with Crippen LogP contribution < -0.4 is 0 Å². The molecule has 0 bridgehead atoms. The van der Waals surface area contributed by atoms with E-state index >= 15 is 0 Å². The van der Waals surface area contributed by atoms with Crippen molar-refractivity contribution in [2.24, 2.45) is 11.8 Å². The first-order chi connectivity index (χ1) is 33.3. The maximum atomic E-state index is 12.9. The van der Waals surface area contributed by atoms with Gasteiger partial charge in [-0.15, -0.1) is 0 Å². The van der Waals surface area contributed by atoms with Gasteiger partial charge in [0, 0.05) is 19.3 Å². The van der Waals surface area contributed by atoms with Crippen LogP contribution in [0.2, 0.25) is 0 Å². The van der Waals surface area contributed by atoms with Crippen LogP contribution in [0.1, 0.15) is 349 Å². The molecule has 0 spiro atoms. The van der Waals surface area contributed by atoms with Gasteiger partial charge in [0.25, 0.3) is 0 Å². The molecule has 0 radical (unpaired) electrons. The number of unbranched alkanes of at least 4 members (excludes halogenated alkanes) is 40. The highest BCUT2D eigenvalue weighted by Gasteiger charge is 2.19. The van der Waals surface area contributed by atoms with Gasteiger partial charge in [-0.25, -0.2) is 0 Å². The van der Waals surface area contributed by atoms with Crippen LogP contribution in [0.3, 0.4) is 0 Å². The van der Waals surface area contributed by atoms with Gasteiger partial charge in [-0.05, 0) is 31.1 Å². The minimum atomic E-state index is -0.763. The lowest BCUT2D eigenvalue weighted by atomic mass is 9.99. The zero-order chi connectivity index (χ0) is 49.6. The summed E-state index contributed by atoms with van der Waals surface area (Å²) >= 11 is 0. The molecule has 0 amide bonds. The zero-order valence-corrected chi connectivity index (χ0v) is 46.7. The summed E-state index contributed by atoms with van der Waals surface area (Å²) < 4.78 is 16.9. The number of esters is 3. The summed E-state index contributed by atoms with van der Waals surface area (Å²) in [4.78, 5) is 38.2. The van der Waals surface area contributed by atoms with Crippen molar-refractivity contribution in [1.29, 1.82) is 0 Å². The summed E-state index contributed by atoms with van der Waals surface area (Å²) in [6.07, 6.45) is 59.4. The molecule has 0 saturated heterocycles. The summed E-state index contributed by atoms with van der Waals surface area (Å²) in [6, 6.07) is 0. The fourth-order valence-electron chi connectivity index (χ4n) is 9.55. The van der Waals surface area contributed by atoms with E-state index in [0.29, 0.717) is 19.3 Å². The van der Waals surface area contributed by atoms with Gasteiger partial charge in [-0.2, -0.15) is 0 Å². The molecule has 6 nitrogen and oxygen atoms in total. The van der Waals surface area contributed by atoms with Crippen molar-refractivity contribution in [2.75, 3.05) is 13.2 Å². The Bertz CT molecular complexity index is 1040. The van der Waals surface area contributed by atoms with Gasteiger partial charge < -0.3 is 14.2 Å². The molecule has 2 atom stereocenters. The normalized spacial score (nSPS) is 12.4. The quantitative estimate of drug-likeness (QED) is 0.0343. The van der Waals surface area contributed by atoms with E-state index in [4.69, 9.17) is 14.2 Å². The van der Waals surface area contributed by atoms with Gasteiger partial charge >= 0.3 is 17.9 Å². The van der Waals surface area contributed by atoms with E-state index in [-0.39, 0.29) is 31.1 Å². The second-order valence-corrected chi connectivity index (χ2v) is 22.1. The molecular formula is C62H120O6. The smallest absolute Gasteiger partial charge is 0.306 e. The largest absolute Gasteiger partial charge is 0.462 e. The Kier molecular flexibility index (Phi) is 53.5. The third-order valence-electron chi connectivity index (χ3n) is 14.6. The zero-order valence-electron chi connectivity index (χ0n) is 46.7. The second kappa shape index (κ2) is 54.7. The first-order valence-electron chi connectivity index (χ1n) is 30.8. The molecule has 0 aliphatic carbocycles. The van der Waals surface area contributed by atoms with Crippen LogP contribution in [0, 0.1) is 11.8 Å². The fourth-order valence-corrected chi connectivity index (χ4v) is 9.55. The number of hydrogen-bond acceptors (Lipinski definition) is 6. The van der Waals surface area contributed by atoms with Crippen molar-refractivity contribution in [3.8, 4) is 0 Å². The van der Waals surface area contributed by atoms with Crippen molar-refractivity contribution in [1.82, 2.24) is 0 Å². The molecule has 6 heteroatoms. The molecule has 1 unspecified atom stereocenters. The summed E-state index contributed by atoms with van der Waals surface area (Å²) in [6.45, 7) is 11.5. The van der Waals surface area contributed by atoms with E-state index < -0.39 is 6.10 Å². The molecule has 0 aliphatic heterocycles. The Balaban J connectivity index is 4.29. The van der Waals surface area contributed by atoms with Gasteiger partial charge in [0.05, 0.1) is 0 Å². The van der Waals surface area contributed by atoms with Gasteiger partial charge in [-0.3, -0.25) is 14.4 Å². The van der Waals surface area contributed by atoms with Gasteiger partial charge in [0.1, 0.15) is 13.2 Å². The van der Waals surface area contributed by atoms with E-state index in [1.165, 1.54) is 238 Å². The monoisotopic (exact) mass is 961 g/mol. The molecule has 0 aromatic carbocycles. The average molecular weight is 962 g/mol. The van der Waals surface area contributed by atoms with E-state index in [1.807, 2.05) is 0 Å². The summed E-state index contributed by atoms with van der Waals surface area (Å²) in [5.41, 5.74) is 0. The number of rotatable bonds is 56. The minimum Gasteiger partial charge on any atom is -0.462 e. The predicted octanol–water partition coefficient (Wildman–Crippen LogP) is 20.4. The Hall–Kier alpha value is -1.59. The standard InChI is InChI=1S/C62H120O6/c1-6-8-9-10-11-12-13-14-22-27-32-37-42-47-52-60(63)66-55-59(68-62(65)54-49-44-39-34-29-24-17-15-16-20-25-30-35-40-45-50-57(3)4)56-67-61(64)53-48-43-38-33-28-23-19-18-21-26-31-36-41-46-51-58(5)7-2/h57-59H,6-56H2,1-5H3/t58?,59-/m1/s1. The van der Waals surface area contributed by atoms with Crippen molar-refractivity contribution in [3.63, 3.8) is 0 Å². The molecule has 404 valence electrons. The highest BCUT2D eigenvalue weighted by Crippen LogP contribution is 2.19. The van der Waals surface area contributed by atoms with Crippen molar-refractivity contribution < 1.29 is 28.6 Å². The Morgan fingerprint density at radius 3 is 0.838 bits per heavy atom. The van der Waals surface area contributed by atoms with E-state index in [9.17, 15) is 14.4 Å². The molecule has 0 heterocycles. The van der Waals surface area contributed by atoms with Crippen LogP contribution in [0.25, 0.3) is 0 Å². The summed E-state index contributed by atoms with van der Waals surface area (Å²) in [7, 11) is 0. The molecule has 0 aromatic heterocycles. The Morgan fingerprint density at radius 1 is 0.309 bits per heavy atom. The van der Waals surface area contributed by atoms with E-state index in [1.54, 1.807) is 0 Å². The maximum absolute atomic E-state index is 12.9. The first-order valence-corrected chi connectivity index (χ1v) is 30.8. The SMILES string of the molecule is CCCCCCCCCCCCCCCCC(=O)OC[C@H](COC(=O)CCCCCCCCCCCCCCCCC(C)CC)OC(=O)CCCCCCCCCCCCCCCCCC(C)C. The number of carbonyl (C=O) groups excluding carboxylic acids is 3. The number of carbonyl (C=O) groups is 3. The number of ether oxygens (including phenoxy) is 3. The average Bonchev–Trinajstić information content (AvgIpc) is 3.32. The minimum absolute atomic E-state index is 0.0621. The van der Waals surface area contributed by atoms with Crippen LogP contribution in [0.4, 0.5) is 0 Å². The van der Waals surface area contributed by atoms with Crippen molar-refractivity contribution in [3.05, 3.63) is 0 Å². The molecule has 68 heavy (non-hydrogen) atoms. The lowest BCUT2D eigenvalue weighted by molar-refractivity contribution is -0.167. The lowest BCUT2D eigenvalue weighted by Gasteiger charge is -2.18. The predicted molar refractivity (Wildman–Crippen MR) is 293 cm³/mol. The van der Waals surface area contributed by atoms with Crippen LogP contribution in [0.5, 0.6) is 0 Å². The molecule has 0 saturated carbocycles. The highest BCUT2D eigenvalue weighted by atomic mass is 16.6. The van der Waals surface area contributed by atoms with Crippen LogP contribution in [-0.2, 0) is 28.6 Å².